The number of aryl methyl sites for hydroxylation is 1. The third-order valence-electron chi connectivity index (χ3n) is 3.35. The summed E-state index contributed by atoms with van der Waals surface area (Å²) in [5.41, 5.74) is -0.517. The van der Waals surface area contributed by atoms with Crippen LogP contribution in [-0.4, -0.2) is 47.4 Å². The van der Waals surface area contributed by atoms with Gasteiger partial charge in [0.1, 0.15) is 5.60 Å². The van der Waals surface area contributed by atoms with Gasteiger partial charge in [0, 0.05) is 26.6 Å². The number of nitrogens with one attached hydrogen (secondary N) is 3. The van der Waals surface area contributed by atoms with Gasteiger partial charge in [0.05, 0.1) is 6.54 Å². The lowest BCUT2D eigenvalue weighted by Gasteiger charge is -2.24. The first-order valence-electron chi connectivity index (χ1n) is 8.96. The fraction of sp³-hybridized carbons (Fsp3) is 0.765. The van der Waals surface area contributed by atoms with Gasteiger partial charge in [-0.2, -0.15) is 4.98 Å². The van der Waals surface area contributed by atoms with E-state index >= 15 is 0 Å². The zero-order valence-electron chi connectivity index (χ0n) is 17.1. The summed E-state index contributed by atoms with van der Waals surface area (Å²) in [6.45, 7) is 10.2. The van der Waals surface area contributed by atoms with Crippen molar-refractivity contribution in [1.82, 2.24) is 26.1 Å². The molecule has 0 spiro atoms. The van der Waals surface area contributed by atoms with Crippen LogP contribution in [0.2, 0.25) is 0 Å². The molecule has 1 rings (SSSR count). The Morgan fingerprint density at radius 1 is 1.33 bits per heavy atom. The molecule has 0 radical (unpaired) electrons. The van der Waals surface area contributed by atoms with Crippen LogP contribution in [0.15, 0.2) is 9.52 Å². The van der Waals surface area contributed by atoms with Crippen molar-refractivity contribution < 1.29 is 14.1 Å². The highest BCUT2D eigenvalue weighted by molar-refractivity contribution is 14.0. The zero-order valence-corrected chi connectivity index (χ0v) is 19.4. The standard InChI is InChI=1S/C17H32N6O3.HI/c1-7-8-9-13(10-20-16(24)25-17(3,4)5)22-15(18-6)19-11-14-21-12(2)26-23-14;/h13H,7-11H2,1-6H3,(H,20,24)(H2,18,19,22);1H. The summed E-state index contributed by atoms with van der Waals surface area (Å²) >= 11 is 0. The van der Waals surface area contributed by atoms with Crippen molar-refractivity contribution in [2.45, 2.75) is 72.1 Å². The van der Waals surface area contributed by atoms with E-state index in [1.165, 1.54) is 0 Å². The maximum absolute atomic E-state index is 11.9. The number of carbonyl (C=O) groups excluding carboxylic acids is 1. The lowest BCUT2D eigenvalue weighted by Crippen LogP contribution is -2.48. The lowest BCUT2D eigenvalue weighted by atomic mass is 10.1. The molecule has 0 saturated carbocycles. The number of amides is 1. The second-order valence-electron chi connectivity index (χ2n) is 7.02. The molecule has 0 bridgehead atoms. The molecule has 0 saturated heterocycles. The van der Waals surface area contributed by atoms with E-state index in [-0.39, 0.29) is 30.0 Å². The van der Waals surface area contributed by atoms with Gasteiger partial charge in [-0.3, -0.25) is 4.99 Å². The molecule has 0 aliphatic heterocycles. The van der Waals surface area contributed by atoms with Crippen LogP contribution >= 0.6 is 24.0 Å². The van der Waals surface area contributed by atoms with Crippen LogP contribution in [0, 0.1) is 6.92 Å². The van der Waals surface area contributed by atoms with Crippen LogP contribution in [0.25, 0.3) is 0 Å². The summed E-state index contributed by atoms with van der Waals surface area (Å²) in [4.78, 5) is 20.2. The molecular weight excluding hydrogens is 463 g/mol. The minimum absolute atomic E-state index is 0. The summed E-state index contributed by atoms with van der Waals surface area (Å²) in [7, 11) is 1.69. The second-order valence-corrected chi connectivity index (χ2v) is 7.02. The Hall–Kier alpha value is -1.59. The number of aromatic nitrogens is 2. The van der Waals surface area contributed by atoms with Gasteiger partial charge in [-0.1, -0.05) is 24.9 Å². The Morgan fingerprint density at radius 2 is 2.04 bits per heavy atom. The number of guanidine groups is 1. The fourth-order valence-corrected chi connectivity index (χ4v) is 2.16. The highest BCUT2D eigenvalue weighted by Gasteiger charge is 2.18. The highest BCUT2D eigenvalue weighted by atomic mass is 127. The van der Waals surface area contributed by atoms with Crippen LogP contribution in [0.3, 0.4) is 0 Å². The molecule has 3 N–H and O–H groups in total. The van der Waals surface area contributed by atoms with Crippen molar-refractivity contribution in [1.29, 1.82) is 0 Å². The molecule has 0 aliphatic carbocycles. The molecular formula is C17H33IN6O3. The first kappa shape index (κ1) is 25.4. The van der Waals surface area contributed by atoms with Crippen LogP contribution in [0.5, 0.6) is 0 Å². The third-order valence-corrected chi connectivity index (χ3v) is 3.35. The van der Waals surface area contributed by atoms with Crippen molar-refractivity contribution in [2.75, 3.05) is 13.6 Å². The summed E-state index contributed by atoms with van der Waals surface area (Å²) in [5, 5.41) is 13.1. The number of rotatable bonds is 8. The van der Waals surface area contributed by atoms with Gasteiger partial charge in [-0.05, 0) is 27.2 Å². The molecule has 156 valence electrons. The molecule has 0 aliphatic rings. The smallest absolute Gasteiger partial charge is 0.407 e. The van der Waals surface area contributed by atoms with Gasteiger partial charge in [-0.15, -0.1) is 24.0 Å². The summed E-state index contributed by atoms with van der Waals surface area (Å²) in [6.07, 6.45) is 2.58. The van der Waals surface area contributed by atoms with Crippen molar-refractivity contribution in [3.63, 3.8) is 0 Å². The largest absolute Gasteiger partial charge is 0.444 e. The minimum atomic E-state index is -0.517. The molecule has 0 aromatic carbocycles. The number of carbonyl (C=O) groups is 1. The van der Waals surface area contributed by atoms with E-state index in [1.54, 1.807) is 14.0 Å². The maximum atomic E-state index is 11.9. The summed E-state index contributed by atoms with van der Waals surface area (Å²) < 4.78 is 10.2. The monoisotopic (exact) mass is 496 g/mol. The predicted molar refractivity (Wildman–Crippen MR) is 115 cm³/mol. The zero-order chi connectivity index (χ0) is 19.6. The predicted octanol–water partition coefficient (Wildman–Crippen LogP) is 2.74. The first-order valence-corrected chi connectivity index (χ1v) is 8.96. The van der Waals surface area contributed by atoms with Crippen LogP contribution in [-0.2, 0) is 11.3 Å². The number of hydrogen-bond acceptors (Lipinski definition) is 6. The lowest BCUT2D eigenvalue weighted by molar-refractivity contribution is 0.0523. The van der Waals surface area contributed by atoms with Crippen molar-refractivity contribution in [3.8, 4) is 0 Å². The van der Waals surface area contributed by atoms with Gasteiger partial charge >= 0.3 is 6.09 Å². The fourth-order valence-electron chi connectivity index (χ4n) is 2.16. The maximum Gasteiger partial charge on any atom is 0.407 e. The van der Waals surface area contributed by atoms with E-state index in [4.69, 9.17) is 9.26 Å². The Bertz CT molecular complexity index is 585. The van der Waals surface area contributed by atoms with E-state index in [0.717, 1.165) is 19.3 Å². The van der Waals surface area contributed by atoms with Crippen LogP contribution < -0.4 is 16.0 Å². The van der Waals surface area contributed by atoms with E-state index < -0.39 is 11.7 Å². The van der Waals surface area contributed by atoms with Gasteiger partial charge in [0.2, 0.25) is 5.89 Å². The van der Waals surface area contributed by atoms with Crippen molar-refractivity contribution in [3.05, 3.63) is 11.7 Å². The van der Waals surface area contributed by atoms with Crippen molar-refractivity contribution >= 4 is 36.0 Å². The quantitative estimate of drug-likeness (QED) is 0.288. The minimum Gasteiger partial charge on any atom is -0.444 e. The van der Waals surface area contributed by atoms with E-state index in [0.29, 0.717) is 30.8 Å². The Balaban J connectivity index is 0.00000676. The average Bonchev–Trinajstić information content (AvgIpc) is 2.97. The van der Waals surface area contributed by atoms with Gasteiger partial charge in [-0.25, -0.2) is 4.79 Å². The molecule has 1 aromatic heterocycles. The van der Waals surface area contributed by atoms with E-state index in [1.807, 2.05) is 20.8 Å². The molecule has 1 unspecified atom stereocenters. The molecule has 1 amide bonds. The van der Waals surface area contributed by atoms with E-state index in [2.05, 4.69) is 38.0 Å². The topological polar surface area (TPSA) is 114 Å². The van der Waals surface area contributed by atoms with Crippen molar-refractivity contribution in [2.24, 2.45) is 4.99 Å². The number of hydrogen-bond donors (Lipinski definition) is 3. The highest BCUT2D eigenvalue weighted by Crippen LogP contribution is 2.07. The molecule has 1 atom stereocenters. The number of ether oxygens (including phenoxy) is 1. The van der Waals surface area contributed by atoms with Crippen LogP contribution in [0.4, 0.5) is 4.79 Å². The molecule has 10 heteroatoms. The Morgan fingerprint density at radius 3 is 2.56 bits per heavy atom. The number of alkyl carbamates (subject to hydrolysis) is 1. The number of aliphatic imine (C=N–C) groups is 1. The normalized spacial score (nSPS) is 12.7. The second kappa shape index (κ2) is 12.7. The third kappa shape index (κ3) is 11.7. The Labute approximate surface area is 178 Å². The molecule has 0 fully saturated rings. The number of halogens is 1. The molecule has 9 nitrogen and oxygen atoms in total. The summed E-state index contributed by atoms with van der Waals surface area (Å²) in [6, 6.07) is 0.0284. The molecule has 1 aromatic rings. The average molecular weight is 496 g/mol. The first-order chi connectivity index (χ1) is 12.2. The summed E-state index contributed by atoms with van der Waals surface area (Å²) in [5.74, 6) is 1.69. The number of unbranched alkanes of at least 4 members (excludes halogenated alkanes) is 1. The SMILES string of the molecule is CCCCC(CNC(=O)OC(C)(C)C)NC(=NC)NCc1noc(C)n1.I. The van der Waals surface area contributed by atoms with Crippen LogP contribution in [0.1, 0.15) is 58.7 Å². The van der Waals surface area contributed by atoms with Gasteiger partial charge in [0.15, 0.2) is 11.8 Å². The molecule has 27 heavy (non-hydrogen) atoms. The van der Waals surface area contributed by atoms with Gasteiger partial charge in [0.25, 0.3) is 0 Å². The van der Waals surface area contributed by atoms with E-state index in [9.17, 15) is 4.79 Å². The Kier molecular flexibility index (Phi) is 12.0. The molecule has 1 heterocycles. The number of nitrogens with zero attached hydrogens (tertiary/aromatic N) is 3. The van der Waals surface area contributed by atoms with Gasteiger partial charge < -0.3 is 25.2 Å².